The van der Waals surface area contributed by atoms with Gasteiger partial charge >= 0.3 is 5.97 Å². The molecule has 21 heavy (non-hydrogen) atoms. The van der Waals surface area contributed by atoms with Gasteiger partial charge in [-0.1, -0.05) is 19.9 Å². The standard InChI is InChI=1S/C17H26O4/c1-3-16(9-5-6-10-16)21-15(19)12-14-8-7-11-17(14,4-2)20-13-18/h8,13H,3-7,9-12H2,1-2H3. The van der Waals surface area contributed by atoms with Crippen LogP contribution in [0.4, 0.5) is 0 Å². The molecule has 1 unspecified atom stereocenters. The molecule has 0 aliphatic heterocycles. The molecule has 0 aromatic rings. The third kappa shape index (κ3) is 3.30. The lowest BCUT2D eigenvalue weighted by molar-refractivity contribution is -0.160. The van der Waals surface area contributed by atoms with Gasteiger partial charge in [-0.15, -0.1) is 0 Å². The van der Waals surface area contributed by atoms with E-state index in [1.807, 2.05) is 13.0 Å². The van der Waals surface area contributed by atoms with Crippen molar-refractivity contribution in [1.82, 2.24) is 0 Å². The Kier molecular flexibility index (Phi) is 5.07. The highest BCUT2D eigenvalue weighted by Gasteiger charge is 2.41. The molecule has 2 aliphatic carbocycles. The van der Waals surface area contributed by atoms with Gasteiger partial charge in [-0.2, -0.15) is 0 Å². The van der Waals surface area contributed by atoms with Gasteiger partial charge in [-0.05, 0) is 56.9 Å². The van der Waals surface area contributed by atoms with Crippen LogP contribution in [0.3, 0.4) is 0 Å². The molecule has 1 atom stereocenters. The second kappa shape index (κ2) is 6.63. The molecule has 0 bridgehead atoms. The second-order valence-electron chi connectivity index (χ2n) is 6.22. The van der Waals surface area contributed by atoms with E-state index in [1.54, 1.807) is 0 Å². The number of allylic oxidation sites excluding steroid dienone is 1. The zero-order chi connectivity index (χ0) is 15.3. The summed E-state index contributed by atoms with van der Waals surface area (Å²) >= 11 is 0. The fraction of sp³-hybridized carbons (Fsp3) is 0.765. The van der Waals surface area contributed by atoms with Crippen molar-refractivity contribution in [2.75, 3.05) is 0 Å². The van der Waals surface area contributed by atoms with Gasteiger partial charge in [0, 0.05) is 0 Å². The lowest BCUT2D eigenvalue weighted by Crippen LogP contribution is -2.35. The molecule has 0 radical (unpaired) electrons. The highest BCUT2D eigenvalue weighted by molar-refractivity contribution is 5.74. The normalized spacial score (nSPS) is 27.2. The van der Waals surface area contributed by atoms with Gasteiger partial charge in [0.15, 0.2) is 0 Å². The largest absolute Gasteiger partial charge is 0.459 e. The molecule has 4 heteroatoms. The van der Waals surface area contributed by atoms with Crippen molar-refractivity contribution in [3.05, 3.63) is 11.6 Å². The summed E-state index contributed by atoms with van der Waals surface area (Å²) in [6.07, 6.45) is 9.67. The lowest BCUT2D eigenvalue weighted by Gasteiger charge is -2.31. The topological polar surface area (TPSA) is 52.6 Å². The maximum absolute atomic E-state index is 12.3. The van der Waals surface area contributed by atoms with E-state index >= 15 is 0 Å². The third-order valence-corrected chi connectivity index (χ3v) is 5.19. The highest BCUT2D eigenvalue weighted by Crippen LogP contribution is 2.40. The minimum atomic E-state index is -0.587. The number of ether oxygens (including phenoxy) is 2. The maximum Gasteiger partial charge on any atom is 0.310 e. The van der Waals surface area contributed by atoms with Crippen LogP contribution in [-0.4, -0.2) is 23.6 Å². The summed E-state index contributed by atoms with van der Waals surface area (Å²) in [5, 5.41) is 0. The minimum absolute atomic E-state index is 0.181. The van der Waals surface area contributed by atoms with Crippen molar-refractivity contribution in [3.8, 4) is 0 Å². The van der Waals surface area contributed by atoms with E-state index in [9.17, 15) is 9.59 Å². The van der Waals surface area contributed by atoms with Crippen molar-refractivity contribution in [2.45, 2.75) is 82.8 Å². The summed E-state index contributed by atoms with van der Waals surface area (Å²) < 4.78 is 11.1. The van der Waals surface area contributed by atoms with Crippen LogP contribution in [0.15, 0.2) is 11.6 Å². The molecule has 2 rings (SSSR count). The van der Waals surface area contributed by atoms with E-state index in [-0.39, 0.29) is 18.0 Å². The first kappa shape index (κ1) is 16.1. The van der Waals surface area contributed by atoms with Crippen LogP contribution in [0.2, 0.25) is 0 Å². The van der Waals surface area contributed by atoms with E-state index in [0.717, 1.165) is 50.5 Å². The summed E-state index contributed by atoms with van der Waals surface area (Å²) in [7, 11) is 0. The molecular formula is C17H26O4. The number of esters is 1. The van der Waals surface area contributed by atoms with Crippen LogP contribution in [-0.2, 0) is 19.1 Å². The Hall–Kier alpha value is -1.32. The summed E-state index contributed by atoms with van der Waals surface area (Å²) in [5.41, 5.74) is 0.0678. The molecular weight excluding hydrogens is 268 g/mol. The summed E-state index contributed by atoms with van der Waals surface area (Å²) in [6.45, 7) is 4.57. The van der Waals surface area contributed by atoms with E-state index in [1.165, 1.54) is 0 Å². The summed E-state index contributed by atoms with van der Waals surface area (Å²) in [5.74, 6) is -0.181. The highest BCUT2D eigenvalue weighted by atomic mass is 16.6. The van der Waals surface area contributed by atoms with Crippen molar-refractivity contribution in [1.29, 1.82) is 0 Å². The Balaban J connectivity index is 2.00. The smallest absolute Gasteiger partial charge is 0.310 e. The van der Waals surface area contributed by atoms with Crippen molar-refractivity contribution in [3.63, 3.8) is 0 Å². The van der Waals surface area contributed by atoms with Crippen LogP contribution in [0.5, 0.6) is 0 Å². The minimum Gasteiger partial charge on any atom is -0.459 e. The Morgan fingerprint density at radius 2 is 1.95 bits per heavy atom. The Morgan fingerprint density at radius 3 is 2.52 bits per heavy atom. The predicted octanol–water partition coefficient (Wildman–Crippen LogP) is 3.68. The molecule has 0 heterocycles. The first-order valence-corrected chi connectivity index (χ1v) is 8.12. The van der Waals surface area contributed by atoms with Crippen molar-refractivity contribution < 1.29 is 19.1 Å². The average molecular weight is 294 g/mol. The Labute approximate surface area is 126 Å². The van der Waals surface area contributed by atoms with E-state index in [4.69, 9.17) is 9.47 Å². The third-order valence-electron chi connectivity index (χ3n) is 5.19. The van der Waals surface area contributed by atoms with Crippen LogP contribution in [0.1, 0.15) is 71.6 Å². The molecule has 0 saturated heterocycles. The van der Waals surface area contributed by atoms with Crippen LogP contribution >= 0.6 is 0 Å². The SMILES string of the molecule is CCC1(OC(=O)CC2=CCCC2(CC)OC=O)CCCC1. The van der Waals surface area contributed by atoms with Crippen molar-refractivity contribution >= 4 is 12.4 Å². The van der Waals surface area contributed by atoms with E-state index in [2.05, 4.69) is 6.92 Å². The molecule has 1 fully saturated rings. The number of carbonyl (C=O) groups excluding carboxylic acids is 2. The number of hydrogen-bond acceptors (Lipinski definition) is 4. The lowest BCUT2D eigenvalue weighted by atomic mass is 9.90. The first-order chi connectivity index (χ1) is 10.1. The monoisotopic (exact) mass is 294 g/mol. The molecule has 0 aromatic carbocycles. The molecule has 4 nitrogen and oxygen atoms in total. The van der Waals surface area contributed by atoms with Gasteiger partial charge in [0.2, 0.25) is 0 Å². The van der Waals surface area contributed by atoms with Gasteiger partial charge < -0.3 is 9.47 Å². The summed E-state index contributed by atoms with van der Waals surface area (Å²) in [6, 6.07) is 0. The molecule has 0 amide bonds. The number of rotatable bonds is 7. The zero-order valence-corrected chi connectivity index (χ0v) is 13.2. The Morgan fingerprint density at radius 1 is 1.24 bits per heavy atom. The van der Waals surface area contributed by atoms with E-state index in [0.29, 0.717) is 12.9 Å². The summed E-state index contributed by atoms with van der Waals surface area (Å²) in [4.78, 5) is 23.1. The molecule has 118 valence electrons. The Bertz CT molecular complexity index is 421. The fourth-order valence-corrected chi connectivity index (χ4v) is 3.75. The quantitative estimate of drug-likeness (QED) is 0.408. The van der Waals surface area contributed by atoms with Gasteiger partial charge in [0.1, 0.15) is 11.2 Å². The molecule has 0 N–H and O–H groups in total. The molecule has 2 aliphatic rings. The van der Waals surface area contributed by atoms with Gasteiger partial charge in [0.25, 0.3) is 6.47 Å². The van der Waals surface area contributed by atoms with Crippen LogP contribution in [0, 0.1) is 0 Å². The van der Waals surface area contributed by atoms with Crippen LogP contribution < -0.4 is 0 Å². The fourth-order valence-electron chi connectivity index (χ4n) is 3.75. The van der Waals surface area contributed by atoms with Gasteiger partial charge in [-0.3, -0.25) is 9.59 Å². The van der Waals surface area contributed by atoms with Gasteiger partial charge in [0.05, 0.1) is 6.42 Å². The molecule has 0 spiro atoms. The first-order valence-electron chi connectivity index (χ1n) is 8.12. The zero-order valence-electron chi connectivity index (χ0n) is 13.2. The van der Waals surface area contributed by atoms with E-state index < -0.39 is 5.60 Å². The second-order valence-corrected chi connectivity index (χ2v) is 6.22. The molecule has 1 saturated carbocycles. The van der Waals surface area contributed by atoms with Crippen molar-refractivity contribution in [2.24, 2.45) is 0 Å². The average Bonchev–Trinajstić information content (AvgIpc) is 3.08. The molecule has 0 aromatic heterocycles. The number of carbonyl (C=O) groups is 2. The predicted molar refractivity (Wildman–Crippen MR) is 79.7 cm³/mol. The van der Waals surface area contributed by atoms with Crippen LogP contribution in [0.25, 0.3) is 0 Å². The maximum atomic E-state index is 12.3. The number of hydrogen-bond donors (Lipinski definition) is 0. The van der Waals surface area contributed by atoms with Gasteiger partial charge in [-0.25, -0.2) is 0 Å².